The van der Waals surface area contributed by atoms with E-state index in [2.05, 4.69) is 24.9 Å². The van der Waals surface area contributed by atoms with Gasteiger partial charge in [-0.3, -0.25) is 9.36 Å². The van der Waals surface area contributed by atoms with E-state index in [-0.39, 0.29) is 43.9 Å². The van der Waals surface area contributed by atoms with Crippen molar-refractivity contribution in [2.45, 2.75) is 90.7 Å². The average Bonchev–Trinajstić information content (AvgIpc) is 3.42. The minimum atomic E-state index is -1.64. The van der Waals surface area contributed by atoms with Crippen molar-refractivity contribution in [1.29, 1.82) is 1.43 Å². The molecule has 13 heteroatoms. The molecule has 2 unspecified atom stereocenters. The van der Waals surface area contributed by atoms with Gasteiger partial charge in [-0.15, -0.1) is 0 Å². The summed E-state index contributed by atoms with van der Waals surface area (Å²) >= 11 is 0. The summed E-state index contributed by atoms with van der Waals surface area (Å²) in [7, 11) is -0.347. The summed E-state index contributed by atoms with van der Waals surface area (Å²) in [5, 5.41) is 6.21. The zero-order valence-corrected chi connectivity index (χ0v) is 26.0. The summed E-state index contributed by atoms with van der Waals surface area (Å²) in [4.78, 5) is 33.5. The minimum Gasteiger partial charge on any atom is -0.400 e. The van der Waals surface area contributed by atoms with Gasteiger partial charge in [-0.05, 0) is 60.6 Å². The number of anilines is 1. The third-order valence-corrected chi connectivity index (χ3v) is 9.09. The highest BCUT2D eigenvalue weighted by molar-refractivity contribution is 7.44. The Morgan fingerprint density at radius 1 is 1.38 bits per heavy atom. The summed E-state index contributed by atoms with van der Waals surface area (Å²) in [5.74, 6) is -0.221. The number of nitrogens with one attached hydrogen (secondary N) is 1. The number of aliphatic hydroxyl groups excluding tert-OH is 1. The first kappa shape index (κ1) is 30.7. The van der Waals surface area contributed by atoms with Gasteiger partial charge in [-0.25, -0.2) is 16.0 Å². The zero-order chi connectivity index (χ0) is 32.6. The second-order valence-corrected chi connectivity index (χ2v) is 11.9. The number of fused-ring (bicyclic) bond motifs is 2. The Kier molecular flexibility index (Phi) is 10.7. The van der Waals surface area contributed by atoms with E-state index in [1.807, 2.05) is 40.7 Å². The fourth-order valence-electron chi connectivity index (χ4n) is 5.00. The Hall–Kier alpha value is -2.75. The van der Waals surface area contributed by atoms with Gasteiger partial charge in [0.15, 0.2) is 6.23 Å². The molecule has 3 heterocycles. The van der Waals surface area contributed by atoms with Crippen LogP contribution >= 0.6 is 8.53 Å². The van der Waals surface area contributed by atoms with Gasteiger partial charge in [-0.2, -0.15) is 4.98 Å². The van der Waals surface area contributed by atoms with Crippen molar-refractivity contribution in [2.24, 2.45) is 0 Å². The van der Waals surface area contributed by atoms with Gasteiger partial charge >= 0.3 is 5.69 Å². The van der Waals surface area contributed by atoms with Crippen LogP contribution in [0, 0.1) is 13.5 Å². The quantitative estimate of drug-likeness (QED) is 0.220. The third kappa shape index (κ3) is 7.06. The number of aryl methyl sites for hydroxylation is 1. The summed E-state index contributed by atoms with van der Waals surface area (Å²) in [5.41, 5.74) is -0.776. The normalized spacial score (nSPS) is 25.9. The van der Waals surface area contributed by atoms with Gasteiger partial charge in [-0.1, -0.05) is 18.2 Å². The van der Waals surface area contributed by atoms with Crippen molar-refractivity contribution in [3.05, 3.63) is 69.6 Å². The number of aromatic nitrogens is 2. The highest BCUT2D eigenvalue weighted by atomic mass is 31.2. The molecule has 2 aliphatic rings. The first-order chi connectivity index (χ1) is 20.9. The predicted molar refractivity (Wildman–Crippen MR) is 160 cm³/mol. The molecule has 6 atom stereocenters. The van der Waals surface area contributed by atoms with Gasteiger partial charge < -0.3 is 33.8 Å². The Labute approximate surface area is 251 Å². The smallest absolute Gasteiger partial charge is 0.351 e. The number of benzene rings is 1. The second-order valence-electron chi connectivity index (χ2n) is 10.5. The fourth-order valence-corrected chi connectivity index (χ4v) is 6.79. The molecule has 0 spiro atoms. The number of nitrogens with zero attached hydrogens (tertiary/aromatic N) is 4. The molecule has 2 aromatic rings. The fraction of sp³-hybridized carbons (Fsp3) is 0.586. The molecule has 12 nitrogen and oxygen atoms in total. The van der Waals surface area contributed by atoms with Gasteiger partial charge in [0.05, 0.1) is 6.10 Å². The summed E-state index contributed by atoms with van der Waals surface area (Å²) < 4.78 is 43.1. The van der Waals surface area contributed by atoms with Crippen molar-refractivity contribution in [3.8, 4) is 0 Å². The number of carbonyl (C=O) groups is 1. The summed E-state index contributed by atoms with van der Waals surface area (Å²) in [6, 6.07) is 8.84. The number of carbonyl (C=O) groups excluding carboxylic acids is 1. The molecule has 0 saturated carbocycles. The van der Waals surface area contributed by atoms with E-state index >= 15 is 0 Å². The van der Waals surface area contributed by atoms with Crippen LogP contribution in [0.4, 0.5) is 5.82 Å². The van der Waals surface area contributed by atoms with Gasteiger partial charge in [0.25, 0.3) is 14.4 Å². The van der Waals surface area contributed by atoms with E-state index in [0.717, 1.165) is 0 Å². The Balaban J connectivity index is 0.00000169. The topological polar surface area (TPSA) is 129 Å². The lowest BCUT2D eigenvalue weighted by Gasteiger charge is -2.38. The molecule has 0 radical (unpaired) electrons. The van der Waals surface area contributed by atoms with Crippen molar-refractivity contribution in [1.82, 2.24) is 14.2 Å². The van der Waals surface area contributed by atoms with Crippen LogP contribution in [0.25, 0.3) is 4.85 Å². The number of aliphatic hydroxyl groups is 1. The van der Waals surface area contributed by atoms with E-state index in [9.17, 15) is 9.59 Å². The standard InChI is InChI=1S/C28H38N5O6P.CH4O/c1-17(2)33(18(3)4)40(36-15-14-29-8)39-23-22-26(38-28(23,7)20(6)37-22)32-16-19(5)24(31-27(32)35)30-25(34)21-12-10-9-11-13-21;1-2/h9-13,16-18,20,22-23,26H,14-15H2,1-7H3,(H,30,31,34,35);2H,1H3/t20?,22-,23+,26-,28+,40?;/m1./s1/i7D;2T. The third-order valence-electron chi connectivity index (χ3n) is 6.98. The lowest BCUT2D eigenvalue weighted by molar-refractivity contribution is -0.200. The largest absolute Gasteiger partial charge is 0.400 e. The molecule has 1 aromatic carbocycles. The van der Waals surface area contributed by atoms with Crippen LogP contribution < -0.4 is 11.0 Å². The molecule has 230 valence electrons. The molecule has 2 fully saturated rings. The van der Waals surface area contributed by atoms with Crippen LogP contribution in [-0.2, 0) is 18.5 Å². The minimum absolute atomic E-state index is 0.0863. The number of rotatable bonds is 11. The number of ether oxygens (including phenoxy) is 2. The maximum absolute atomic E-state index is 13.3. The second kappa shape index (κ2) is 14.6. The summed E-state index contributed by atoms with van der Waals surface area (Å²) in [6.07, 6.45) is -1.20. The van der Waals surface area contributed by atoms with E-state index in [4.69, 9.17) is 27.9 Å². The highest BCUT2D eigenvalue weighted by Crippen LogP contribution is 2.56. The maximum Gasteiger partial charge on any atom is 0.351 e. The maximum atomic E-state index is 13.3. The molecular formula is C29H42N5O7P. The van der Waals surface area contributed by atoms with Crippen molar-refractivity contribution < 1.29 is 29.8 Å². The Bertz CT molecular complexity index is 1340. The first-order valence-electron chi connectivity index (χ1n) is 14.9. The molecule has 42 heavy (non-hydrogen) atoms. The van der Waals surface area contributed by atoms with Gasteiger partial charge in [0.2, 0.25) is 7.98 Å². The van der Waals surface area contributed by atoms with Crippen molar-refractivity contribution >= 4 is 20.3 Å². The van der Waals surface area contributed by atoms with Crippen LogP contribution in [0.15, 0.2) is 41.3 Å². The van der Waals surface area contributed by atoms with E-state index < -0.39 is 44.4 Å². The van der Waals surface area contributed by atoms with Gasteiger partial charge in [0, 0.05) is 37.9 Å². The molecule has 2 saturated heterocycles. The SMILES string of the molecule is [2H]C[C@]12O[C@@H](n3cc(C)c(NC(=O)c4ccccc4)nc3=O)[C@H](OC1C)[C@@H]2OP(OCC[N+]#[C-])N(C(C)C)C(C)C.[3H]OC. The van der Waals surface area contributed by atoms with E-state index in [1.54, 1.807) is 37.4 Å². The Morgan fingerprint density at radius 2 is 2.05 bits per heavy atom. The molecule has 1 amide bonds. The van der Waals surface area contributed by atoms with Crippen molar-refractivity contribution in [3.63, 3.8) is 0 Å². The molecule has 2 N–H and O–H groups in total. The average molecular weight is 607 g/mol. The highest BCUT2D eigenvalue weighted by Gasteiger charge is 2.65. The summed E-state index contributed by atoms with van der Waals surface area (Å²) in [6.45, 7) is 19.1. The van der Waals surface area contributed by atoms with Crippen LogP contribution in [0.1, 0.15) is 65.0 Å². The van der Waals surface area contributed by atoms with Crippen LogP contribution in [0.3, 0.4) is 0 Å². The number of hydrogen-bond acceptors (Lipinski definition) is 9. The van der Waals surface area contributed by atoms with Crippen LogP contribution in [0.5, 0.6) is 0 Å². The lowest BCUT2D eigenvalue weighted by Crippen LogP contribution is -2.45. The molecule has 1 aromatic heterocycles. The van der Waals surface area contributed by atoms with E-state index in [0.29, 0.717) is 11.1 Å². The van der Waals surface area contributed by atoms with Crippen LogP contribution in [0.2, 0.25) is 0 Å². The molecule has 2 aliphatic heterocycles. The predicted octanol–water partition coefficient (Wildman–Crippen LogP) is 4.15. The Morgan fingerprint density at radius 3 is 2.64 bits per heavy atom. The lowest BCUT2D eigenvalue weighted by atomic mass is 9.96. The van der Waals surface area contributed by atoms with Crippen LogP contribution in [-0.4, -0.2) is 82.9 Å². The zero-order valence-electron chi connectivity index (χ0n) is 27.1. The molecule has 4 rings (SSSR count). The monoisotopic (exact) mass is 606 g/mol. The molecular weight excluding hydrogens is 561 g/mol. The van der Waals surface area contributed by atoms with Crippen molar-refractivity contribution in [2.75, 3.05) is 25.6 Å². The molecule has 0 aliphatic carbocycles. The van der Waals surface area contributed by atoms with E-state index in [1.165, 1.54) is 11.7 Å². The number of hydrogen-bond donors (Lipinski definition) is 2. The molecule has 2 bridgehead atoms. The number of amides is 1. The first-order valence-corrected chi connectivity index (χ1v) is 14.9. The van der Waals surface area contributed by atoms with Gasteiger partial charge in [0.1, 0.15) is 30.2 Å².